The molecule has 1 atom stereocenters. The minimum atomic E-state index is -0.470. The normalized spacial score (nSPS) is 35.3. The lowest BCUT2D eigenvalue weighted by molar-refractivity contribution is 0.0479. The van der Waals surface area contributed by atoms with Gasteiger partial charge in [-0.2, -0.15) is 0 Å². The molecule has 1 nitrogen and oxygen atoms in total. The van der Waals surface area contributed by atoms with Gasteiger partial charge < -0.3 is 5.11 Å². The Kier molecular flexibility index (Phi) is 2.70. The van der Waals surface area contributed by atoms with Crippen LogP contribution in [0.5, 0.6) is 0 Å². The molecule has 80 valence electrons. The number of hydrogen-bond acceptors (Lipinski definition) is 1. The van der Waals surface area contributed by atoms with Crippen LogP contribution in [0.15, 0.2) is 12.2 Å². The molecule has 1 saturated carbocycles. The molecule has 1 heteroatoms. The molecular weight excluding hydrogens is 172 g/mol. The van der Waals surface area contributed by atoms with Gasteiger partial charge in [0, 0.05) is 0 Å². The Labute approximate surface area is 87.2 Å². The fraction of sp³-hybridized carbons (Fsp3) is 0.846. The van der Waals surface area contributed by atoms with E-state index in [1.807, 2.05) is 0 Å². The van der Waals surface area contributed by atoms with Gasteiger partial charge in [0.05, 0.1) is 5.60 Å². The van der Waals surface area contributed by atoms with Crippen LogP contribution in [0.4, 0.5) is 0 Å². The van der Waals surface area contributed by atoms with Crippen molar-refractivity contribution in [1.29, 1.82) is 0 Å². The van der Waals surface area contributed by atoms with Crippen LogP contribution in [0, 0.1) is 5.41 Å². The van der Waals surface area contributed by atoms with Gasteiger partial charge in [0.2, 0.25) is 0 Å². The van der Waals surface area contributed by atoms with Gasteiger partial charge in [-0.05, 0) is 37.5 Å². The van der Waals surface area contributed by atoms with Gasteiger partial charge in [-0.1, -0.05) is 38.3 Å². The van der Waals surface area contributed by atoms with Crippen molar-refractivity contribution < 1.29 is 5.11 Å². The van der Waals surface area contributed by atoms with Gasteiger partial charge in [0.25, 0.3) is 0 Å². The molecule has 2 rings (SSSR count). The first-order chi connectivity index (χ1) is 6.68. The Morgan fingerprint density at radius 1 is 1.07 bits per heavy atom. The van der Waals surface area contributed by atoms with Crippen LogP contribution >= 0.6 is 0 Å². The predicted octanol–water partition coefficient (Wildman–Crippen LogP) is 3.43. The summed E-state index contributed by atoms with van der Waals surface area (Å²) in [6.45, 7) is 2.14. The van der Waals surface area contributed by atoms with Gasteiger partial charge in [-0.3, -0.25) is 0 Å². The Morgan fingerprint density at radius 2 is 1.79 bits per heavy atom. The fourth-order valence-electron chi connectivity index (χ4n) is 3.10. The lowest BCUT2D eigenvalue weighted by atomic mass is 9.72. The lowest BCUT2D eigenvalue weighted by Crippen LogP contribution is -2.33. The molecule has 1 spiro atoms. The molecule has 0 saturated heterocycles. The minimum absolute atomic E-state index is 0.470. The molecule has 0 radical (unpaired) electrons. The molecule has 0 aliphatic heterocycles. The molecule has 2 aliphatic rings. The molecule has 1 fully saturated rings. The molecule has 0 heterocycles. The second-order valence-electron chi connectivity index (χ2n) is 5.26. The Hall–Kier alpha value is -0.300. The summed E-state index contributed by atoms with van der Waals surface area (Å²) in [4.78, 5) is 0. The SMILES string of the molecule is CCCC1(O)C=CC2(CCCC2)CC1. The zero-order valence-electron chi connectivity index (χ0n) is 9.26. The molecule has 1 N–H and O–H groups in total. The van der Waals surface area contributed by atoms with Crippen LogP contribution in [0.1, 0.15) is 58.3 Å². The number of aliphatic hydroxyl groups is 1. The van der Waals surface area contributed by atoms with Gasteiger partial charge >= 0.3 is 0 Å². The molecule has 2 aliphatic carbocycles. The van der Waals surface area contributed by atoms with Gasteiger partial charge in [-0.25, -0.2) is 0 Å². The summed E-state index contributed by atoms with van der Waals surface area (Å²) in [6.07, 6.45) is 14.1. The van der Waals surface area contributed by atoms with E-state index in [4.69, 9.17) is 0 Å². The highest BCUT2D eigenvalue weighted by atomic mass is 16.3. The summed E-state index contributed by atoms with van der Waals surface area (Å²) in [5.74, 6) is 0. The van der Waals surface area contributed by atoms with Crippen LogP contribution in [-0.4, -0.2) is 10.7 Å². The molecule has 14 heavy (non-hydrogen) atoms. The van der Waals surface area contributed by atoms with E-state index in [9.17, 15) is 5.11 Å². The average Bonchev–Trinajstić information content (AvgIpc) is 2.61. The van der Waals surface area contributed by atoms with Crippen molar-refractivity contribution in [2.75, 3.05) is 0 Å². The lowest BCUT2D eigenvalue weighted by Gasteiger charge is -2.36. The summed E-state index contributed by atoms with van der Waals surface area (Å²) < 4.78 is 0. The van der Waals surface area contributed by atoms with Crippen molar-refractivity contribution in [3.63, 3.8) is 0 Å². The third kappa shape index (κ3) is 1.88. The largest absolute Gasteiger partial charge is 0.386 e. The first-order valence-electron chi connectivity index (χ1n) is 6.11. The maximum atomic E-state index is 10.2. The second kappa shape index (κ2) is 3.69. The standard InChI is InChI=1S/C13H22O/c1-2-5-13(14)10-8-12(9-11-13)6-3-4-7-12/h8,10,14H,2-7,9,11H2,1H3. The highest BCUT2D eigenvalue weighted by molar-refractivity contribution is 5.14. The number of hydrogen-bond donors (Lipinski definition) is 1. The van der Waals surface area contributed by atoms with Crippen LogP contribution in [0.25, 0.3) is 0 Å². The molecule has 0 aromatic rings. The van der Waals surface area contributed by atoms with Crippen LogP contribution in [0.3, 0.4) is 0 Å². The molecule has 0 bridgehead atoms. The van der Waals surface area contributed by atoms with E-state index in [0.717, 1.165) is 19.3 Å². The first kappa shape index (κ1) is 10.2. The van der Waals surface area contributed by atoms with Crippen molar-refractivity contribution in [1.82, 2.24) is 0 Å². The fourth-order valence-corrected chi connectivity index (χ4v) is 3.10. The zero-order valence-corrected chi connectivity index (χ0v) is 9.26. The van der Waals surface area contributed by atoms with Crippen molar-refractivity contribution in [3.05, 3.63) is 12.2 Å². The van der Waals surface area contributed by atoms with E-state index in [1.165, 1.54) is 32.1 Å². The topological polar surface area (TPSA) is 20.2 Å². The van der Waals surface area contributed by atoms with Gasteiger partial charge in [-0.15, -0.1) is 0 Å². The van der Waals surface area contributed by atoms with E-state index in [0.29, 0.717) is 5.41 Å². The van der Waals surface area contributed by atoms with E-state index in [1.54, 1.807) is 0 Å². The molecule has 0 aromatic carbocycles. The van der Waals surface area contributed by atoms with Crippen molar-refractivity contribution in [3.8, 4) is 0 Å². The van der Waals surface area contributed by atoms with Gasteiger partial charge in [0.15, 0.2) is 0 Å². The van der Waals surface area contributed by atoms with Crippen molar-refractivity contribution >= 4 is 0 Å². The predicted molar refractivity (Wildman–Crippen MR) is 59.1 cm³/mol. The van der Waals surface area contributed by atoms with E-state index < -0.39 is 5.60 Å². The number of rotatable bonds is 2. The quantitative estimate of drug-likeness (QED) is 0.668. The van der Waals surface area contributed by atoms with Gasteiger partial charge in [0.1, 0.15) is 0 Å². The highest BCUT2D eigenvalue weighted by Crippen LogP contribution is 2.48. The van der Waals surface area contributed by atoms with E-state index in [2.05, 4.69) is 19.1 Å². The third-order valence-electron chi connectivity index (χ3n) is 4.09. The summed E-state index contributed by atoms with van der Waals surface area (Å²) in [6, 6.07) is 0. The van der Waals surface area contributed by atoms with Crippen LogP contribution in [-0.2, 0) is 0 Å². The molecule has 0 aromatic heterocycles. The zero-order chi connectivity index (χ0) is 10.1. The molecular formula is C13H22O. The molecule has 1 unspecified atom stereocenters. The monoisotopic (exact) mass is 194 g/mol. The summed E-state index contributed by atoms with van der Waals surface area (Å²) in [7, 11) is 0. The van der Waals surface area contributed by atoms with Crippen molar-refractivity contribution in [2.45, 2.75) is 63.9 Å². The van der Waals surface area contributed by atoms with E-state index >= 15 is 0 Å². The molecule has 0 amide bonds. The second-order valence-corrected chi connectivity index (χ2v) is 5.26. The Bertz CT molecular complexity index is 225. The summed E-state index contributed by atoms with van der Waals surface area (Å²) >= 11 is 0. The maximum absolute atomic E-state index is 10.2. The third-order valence-corrected chi connectivity index (χ3v) is 4.09. The summed E-state index contributed by atoms with van der Waals surface area (Å²) in [5.41, 5.74) is 0.0164. The Morgan fingerprint density at radius 3 is 2.29 bits per heavy atom. The smallest absolute Gasteiger partial charge is 0.0828 e. The van der Waals surface area contributed by atoms with Crippen molar-refractivity contribution in [2.24, 2.45) is 5.41 Å². The minimum Gasteiger partial charge on any atom is -0.386 e. The highest BCUT2D eigenvalue weighted by Gasteiger charge is 2.38. The Balaban J connectivity index is 2.05. The average molecular weight is 194 g/mol. The summed E-state index contributed by atoms with van der Waals surface area (Å²) in [5, 5.41) is 10.2. The first-order valence-corrected chi connectivity index (χ1v) is 6.11. The van der Waals surface area contributed by atoms with E-state index in [-0.39, 0.29) is 0 Å². The van der Waals surface area contributed by atoms with Crippen LogP contribution in [0.2, 0.25) is 0 Å². The van der Waals surface area contributed by atoms with Crippen LogP contribution < -0.4 is 0 Å². The number of allylic oxidation sites excluding steroid dienone is 1. The maximum Gasteiger partial charge on any atom is 0.0828 e.